The van der Waals surface area contributed by atoms with Gasteiger partial charge in [0.1, 0.15) is 11.6 Å². The topological polar surface area (TPSA) is 90.8 Å². The van der Waals surface area contributed by atoms with Gasteiger partial charge in [-0.15, -0.1) is 0 Å². The molecule has 25 heavy (non-hydrogen) atoms. The van der Waals surface area contributed by atoms with Crippen molar-refractivity contribution >= 4 is 34.8 Å². The summed E-state index contributed by atoms with van der Waals surface area (Å²) in [6.07, 6.45) is -0.0703. The average Bonchev–Trinajstić information content (AvgIpc) is 2.57. The van der Waals surface area contributed by atoms with Gasteiger partial charge in [-0.25, -0.2) is 9.82 Å². The molecule has 3 N–H and O–H groups in total. The van der Waals surface area contributed by atoms with Gasteiger partial charge in [0, 0.05) is 16.4 Å². The lowest BCUT2D eigenvalue weighted by Gasteiger charge is -2.06. The van der Waals surface area contributed by atoms with Crippen molar-refractivity contribution in [3.8, 4) is 5.75 Å². The quantitative estimate of drug-likeness (QED) is 0.562. The van der Waals surface area contributed by atoms with Crippen molar-refractivity contribution in [1.29, 1.82) is 0 Å². The predicted molar refractivity (Wildman–Crippen MR) is 93.3 cm³/mol. The number of phenols is 1. The van der Waals surface area contributed by atoms with E-state index in [-0.39, 0.29) is 23.6 Å². The summed E-state index contributed by atoms with van der Waals surface area (Å²) in [4.78, 5) is 23.8. The van der Waals surface area contributed by atoms with E-state index >= 15 is 0 Å². The Balaban J connectivity index is 1.92. The SMILES string of the molecule is C/C(CC(=O)Nc1ccc(F)cc1)=N\NC(=O)c1cc(Cl)ccc1O. The number of hydrazone groups is 1. The molecule has 0 aromatic heterocycles. The number of carbonyl (C=O) groups excluding carboxylic acids is 2. The smallest absolute Gasteiger partial charge is 0.275 e. The highest BCUT2D eigenvalue weighted by Crippen LogP contribution is 2.21. The molecule has 0 spiro atoms. The Hall–Kier alpha value is -2.93. The molecule has 0 fully saturated rings. The third kappa shape index (κ3) is 5.58. The van der Waals surface area contributed by atoms with Crippen LogP contribution in [0.3, 0.4) is 0 Å². The van der Waals surface area contributed by atoms with Gasteiger partial charge >= 0.3 is 0 Å². The van der Waals surface area contributed by atoms with E-state index in [0.29, 0.717) is 16.4 Å². The molecule has 2 amide bonds. The number of halogens is 2. The molecule has 2 rings (SSSR count). The Labute approximate surface area is 148 Å². The fourth-order valence-corrected chi connectivity index (χ4v) is 2.08. The van der Waals surface area contributed by atoms with Crippen LogP contribution in [0.1, 0.15) is 23.7 Å². The van der Waals surface area contributed by atoms with E-state index in [4.69, 9.17) is 11.6 Å². The average molecular weight is 364 g/mol. The minimum atomic E-state index is -0.654. The number of benzene rings is 2. The number of hydrogen-bond donors (Lipinski definition) is 3. The van der Waals surface area contributed by atoms with E-state index in [9.17, 15) is 19.1 Å². The van der Waals surface area contributed by atoms with E-state index < -0.39 is 11.7 Å². The number of phenolic OH excluding ortho intramolecular Hbond substituents is 1. The standard InChI is InChI=1S/C17H15ClFN3O3/c1-10(8-16(24)20-13-5-3-12(19)4-6-13)21-22-17(25)14-9-11(18)2-7-15(14)23/h2-7,9,23H,8H2,1H3,(H,20,24)(H,22,25)/b21-10+. The van der Waals surface area contributed by atoms with Crippen molar-refractivity contribution < 1.29 is 19.1 Å². The highest BCUT2D eigenvalue weighted by atomic mass is 35.5. The lowest BCUT2D eigenvalue weighted by molar-refractivity contribution is -0.115. The number of nitrogens with one attached hydrogen (secondary N) is 2. The number of nitrogens with zero attached hydrogens (tertiary/aromatic N) is 1. The largest absolute Gasteiger partial charge is 0.507 e. The van der Waals surface area contributed by atoms with Crippen LogP contribution in [0.4, 0.5) is 10.1 Å². The van der Waals surface area contributed by atoms with Gasteiger partial charge in [0.05, 0.1) is 12.0 Å². The third-order valence-corrected chi connectivity index (χ3v) is 3.33. The zero-order chi connectivity index (χ0) is 18.4. The van der Waals surface area contributed by atoms with Crippen molar-refractivity contribution in [3.05, 3.63) is 58.9 Å². The summed E-state index contributed by atoms with van der Waals surface area (Å²) < 4.78 is 12.8. The summed E-state index contributed by atoms with van der Waals surface area (Å²) in [5.41, 5.74) is 3.01. The molecule has 130 valence electrons. The van der Waals surface area contributed by atoms with Gasteiger partial charge in [0.2, 0.25) is 5.91 Å². The molecule has 0 aliphatic rings. The summed E-state index contributed by atoms with van der Waals surface area (Å²) in [5, 5.41) is 16.3. The second-order valence-corrected chi connectivity index (χ2v) is 5.62. The van der Waals surface area contributed by atoms with Crippen LogP contribution in [0.2, 0.25) is 5.02 Å². The Kier molecular flexibility index (Phi) is 6.08. The van der Waals surface area contributed by atoms with Crippen LogP contribution in [0, 0.1) is 5.82 Å². The molecule has 0 radical (unpaired) electrons. The fraction of sp³-hybridized carbons (Fsp3) is 0.118. The van der Waals surface area contributed by atoms with Gasteiger partial charge in [-0.3, -0.25) is 9.59 Å². The highest BCUT2D eigenvalue weighted by Gasteiger charge is 2.11. The van der Waals surface area contributed by atoms with Gasteiger partial charge in [-0.2, -0.15) is 5.10 Å². The summed E-state index contributed by atoms with van der Waals surface area (Å²) in [7, 11) is 0. The predicted octanol–water partition coefficient (Wildman–Crippen LogP) is 3.32. The van der Waals surface area contributed by atoms with Crippen molar-refractivity contribution in [1.82, 2.24) is 5.43 Å². The monoisotopic (exact) mass is 363 g/mol. The number of amides is 2. The first-order valence-electron chi connectivity index (χ1n) is 7.22. The molecule has 6 nitrogen and oxygen atoms in total. The summed E-state index contributed by atoms with van der Waals surface area (Å²) in [6, 6.07) is 9.37. The van der Waals surface area contributed by atoms with Gasteiger partial charge in [0.15, 0.2) is 0 Å². The minimum Gasteiger partial charge on any atom is -0.507 e. The first-order valence-corrected chi connectivity index (χ1v) is 7.60. The van der Waals surface area contributed by atoms with Gasteiger partial charge in [-0.1, -0.05) is 11.6 Å². The number of carbonyl (C=O) groups is 2. The molecule has 0 aliphatic heterocycles. The van der Waals surface area contributed by atoms with Gasteiger partial charge in [-0.05, 0) is 49.4 Å². The van der Waals surface area contributed by atoms with E-state index in [2.05, 4.69) is 15.8 Å². The first-order chi connectivity index (χ1) is 11.8. The number of rotatable bonds is 5. The maximum absolute atomic E-state index is 12.8. The Bertz CT molecular complexity index is 822. The molecule has 2 aromatic carbocycles. The fourth-order valence-electron chi connectivity index (χ4n) is 1.91. The van der Waals surface area contributed by atoms with Crippen molar-refractivity contribution in [2.24, 2.45) is 5.10 Å². The van der Waals surface area contributed by atoms with E-state index in [1.165, 1.54) is 42.5 Å². The van der Waals surface area contributed by atoms with Gasteiger partial charge < -0.3 is 10.4 Å². The van der Waals surface area contributed by atoms with E-state index in [0.717, 1.165) is 0 Å². The molecule has 0 saturated heterocycles. The molecular weight excluding hydrogens is 349 g/mol. The van der Waals surface area contributed by atoms with E-state index in [1.807, 2.05) is 0 Å². The second-order valence-electron chi connectivity index (χ2n) is 5.18. The molecule has 0 unspecified atom stereocenters. The molecular formula is C17H15ClFN3O3. The minimum absolute atomic E-state index is 0.0280. The maximum Gasteiger partial charge on any atom is 0.275 e. The Morgan fingerprint density at radius 3 is 2.56 bits per heavy atom. The number of aromatic hydroxyl groups is 1. The van der Waals surface area contributed by atoms with Crippen LogP contribution in [-0.2, 0) is 4.79 Å². The van der Waals surface area contributed by atoms with Crippen molar-refractivity contribution in [2.75, 3.05) is 5.32 Å². The number of hydrogen-bond acceptors (Lipinski definition) is 4. The molecule has 0 heterocycles. The second kappa shape index (κ2) is 8.25. The summed E-state index contributed by atoms with van der Waals surface area (Å²) >= 11 is 5.78. The summed E-state index contributed by atoms with van der Waals surface area (Å²) in [5.74, 6) is -1.66. The maximum atomic E-state index is 12.8. The normalized spacial score (nSPS) is 11.1. The molecule has 0 aliphatic carbocycles. The lowest BCUT2D eigenvalue weighted by Crippen LogP contribution is -2.21. The van der Waals surface area contributed by atoms with Crippen LogP contribution < -0.4 is 10.7 Å². The van der Waals surface area contributed by atoms with Crippen molar-refractivity contribution in [3.63, 3.8) is 0 Å². The molecule has 2 aromatic rings. The van der Waals surface area contributed by atoms with Crippen LogP contribution >= 0.6 is 11.6 Å². The zero-order valence-electron chi connectivity index (χ0n) is 13.2. The first kappa shape index (κ1) is 18.4. The van der Waals surface area contributed by atoms with Crippen molar-refractivity contribution in [2.45, 2.75) is 13.3 Å². The summed E-state index contributed by atoms with van der Waals surface area (Å²) in [6.45, 7) is 1.56. The highest BCUT2D eigenvalue weighted by molar-refractivity contribution is 6.31. The Morgan fingerprint density at radius 2 is 1.88 bits per heavy atom. The molecule has 8 heteroatoms. The molecule has 0 bridgehead atoms. The zero-order valence-corrected chi connectivity index (χ0v) is 14.0. The lowest BCUT2D eigenvalue weighted by atomic mass is 10.2. The van der Waals surface area contributed by atoms with Crippen LogP contribution in [0.5, 0.6) is 5.75 Å². The van der Waals surface area contributed by atoms with Crippen LogP contribution in [0.15, 0.2) is 47.6 Å². The number of anilines is 1. The van der Waals surface area contributed by atoms with Crippen LogP contribution in [-0.4, -0.2) is 22.6 Å². The third-order valence-electron chi connectivity index (χ3n) is 3.10. The van der Waals surface area contributed by atoms with E-state index in [1.54, 1.807) is 6.92 Å². The van der Waals surface area contributed by atoms with Gasteiger partial charge in [0.25, 0.3) is 5.91 Å². The van der Waals surface area contributed by atoms with Crippen LogP contribution in [0.25, 0.3) is 0 Å². The molecule has 0 saturated carbocycles. The molecule has 0 atom stereocenters. The Morgan fingerprint density at radius 1 is 1.20 bits per heavy atom.